The van der Waals surface area contributed by atoms with Gasteiger partial charge in [0.1, 0.15) is 0 Å². The number of nitrogens with zero attached hydrogens (tertiary/aromatic N) is 2. The van der Waals surface area contributed by atoms with Crippen LogP contribution in [0.3, 0.4) is 0 Å². The van der Waals surface area contributed by atoms with Gasteiger partial charge in [-0.1, -0.05) is 133 Å². The zero-order chi connectivity index (χ0) is 31.3. The highest BCUT2D eigenvalue weighted by Crippen LogP contribution is 2.39. The first-order valence-electron chi connectivity index (χ1n) is 15.8. The average molecular weight is 597 g/mol. The number of hydrogen-bond acceptors (Lipinski definition) is 4. The van der Waals surface area contributed by atoms with Crippen LogP contribution in [0.1, 0.15) is 44.5 Å². The number of anilines is 2. The highest BCUT2D eigenvalue weighted by Gasteiger charge is 2.19. The molecular weight excluding hydrogens is 560 g/mol. The number of benzene rings is 6. The first kappa shape index (κ1) is 29.0. The molecule has 0 saturated carbocycles. The number of nitrogens with one attached hydrogen (secondary N) is 2. The quantitative estimate of drug-likeness (QED) is 0.188. The zero-order valence-electron chi connectivity index (χ0n) is 26.2. The Morgan fingerprint density at radius 1 is 0.435 bits per heavy atom. The van der Waals surface area contributed by atoms with Crippen LogP contribution in [0, 0.1) is 13.8 Å². The molecule has 2 N–H and O–H groups in total. The van der Waals surface area contributed by atoms with Crippen molar-refractivity contribution in [3.05, 3.63) is 190 Å². The van der Waals surface area contributed by atoms with Crippen molar-refractivity contribution in [2.75, 3.05) is 10.6 Å². The summed E-state index contributed by atoms with van der Waals surface area (Å²) >= 11 is 0. The third-order valence-electron chi connectivity index (χ3n) is 8.25. The maximum absolute atomic E-state index is 5.35. The van der Waals surface area contributed by atoms with E-state index in [0.29, 0.717) is 13.1 Å². The molecule has 0 bridgehead atoms. The molecule has 46 heavy (non-hydrogen) atoms. The monoisotopic (exact) mass is 596 g/mol. The van der Waals surface area contributed by atoms with Crippen molar-refractivity contribution in [2.45, 2.75) is 26.9 Å². The van der Waals surface area contributed by atoms with Crippen molar-refractivity contribution in [3.8, 4) is 0 Å². The fraction of sp³-hybridized carbons (Fsp3) is 0.0952. The number of aryl methyl sites for hydroxylation is 2. The number of rotatable bonds is 6. The van der Waals surface area contributed by atoms with Crippen LogP contribution in [0.4, 0.5) is 22.7 Å². The molecule has 1 aliphatic heterocycles. The average Bonchev–Trinajstić information content (AvgIpc) is 3.09. The van der Waals surface area contributed by atoms with Gasteiger partial charge in [0, 0.05) is 35.3 Å². The Hall–Kier alpha value is -5.74. The van der Waals surface area contributed by atoms with Gasteiger partial charge in [0.25, 0.3) is 0 Å². The van der Waals surface area contributed by atoms with Crippen molar-refractivity contribution in [2.24, 2.45) is 9.98 Å². The summed E-state index contributed by atoms with van der Waals surface area (Å²) in [5.74, 6) is 0. The Morgan fingerprint density at radius 2 is 0.739 bits per heavy atom. The fourth-order valence-electron chi connectivity index (χ4n) is 6.13. The summed E-state index contributed by atoms with van der Waals surface area (Å²) in [7, 11) is 0. The molecule has 0 unspecified atom stereocenters. The van der Waals surface area contributed by atoms with Gasteiger partial charge in [-0.2, -0.15) is 0 Å². The third-order valence-corrected chi connectivity index (χ3v) is 8.25. The van der Waals surface area contributed by atoms with Gasteiger partial charge < -0.3 is 10.6 Å². The van der Waals surface area contributed by atoms with E-state index in [1.54, 1.807) is 0 Å². The molecule has 0 fully saturated rings. The normalized spacial score (nSPS) is 11.9. The van der Waals surface area contributed by atoms with Crippen LogP contribution < -0.4 is 10.6 Å². The topological polar surface area (TPSA) is 48.8 Å². The predicted molar refractivity (Wildman–Crippen MR) is 193 cm³/mol. The van der Waals surface area contributed by atoms with Crippen LogP contribution in [0.2, 0.25) is 0 Å². The van der Waals surface area contributed by atoms with Crippen molar-refractivity contribution < 1.29 is 0 Å². The van der Waals surface area contributed by atoms with E-state index in [1.165, 1.54) is 22.3 Å². The van der Waals surface area contributed by atoms with Gasteiger partial charge >= 0.3 is 0 Å². The van der Waals surface area contributed by atoms with Crippen LogP contribution in [-0.2, 0) is 13.1 Å². The van der Waals surface area contributed by atoms with E-state index >= 15 is 0 Å². The Kier molecular flexibility index (Phi) is 8.25. The molecule has 4 heteroatoms. The number of aliphatic imine (C=N–C) groups is 2. The SMILES string of the molecule is Cc1cc2c(c(N=C(c3ccccc3)c3ccccc3)c1)NCc1cc(C)cc(N=C(c3ccccc3)c3ccccc3)c1NC2. The summed E-state index contributed by atoms with van der Waals surface area (Å²) in [5, 5.41) is 7.60. The van der Waals surface area contributed by atoms with E-state index in [2.05, 4.69) is 146 Å². The van der Waals surface area contributed by atoms with Gasteiger partial charge in [-0.15, -0.1) is 0 Å². The first-order chi connectivity index (χ1) is 22.6. The minimum Gasteiger partial charge on any atom is -0.379 e. The lowest BCUT2D eigenvalue weighted by Crippen LogP contribution is -2.14. The molecule has 6 aromatic carbocycles. The van der Waals surface area contributed by atoms with E-state index in [4.69, 9.17) is 9.98 Å². The summed E-state index contributed by atoms with van der Waals surface area (Å²) in [4.78, 5) is 10.7. The highest BCUT2D eigenvalue weighted by molar-refractivity contribution is 6.15. The maximum atomic E-state index is 5.35. The molecule has 0 aromatic heterocycles. The predicted octanol–water partition coefficient (Wildman–Crippen LogP) is 10.2. The standard InChI is InChI=1S/C42H36N4/c1-29-23-35-27-43-42-36(24-30(2)26-38(42)46-40(33-19-11-5-12-20-33)34-21-13-6-14-22-34)28-44-41(35)37(25-29)45-39(31-15-7-3-8-16-31)32-17-9-4-10-18-32/h3-26,43-44H,27-28H2,1-2H3. The minimum absolute atomic E-state index is 0.642. The first-order valence-corrected chi connectivity index (χ1v) is 15.8. The minimum atomic E-state index is 0.642. The van der Waals surface area contributed by atoms with E-state index < -0.39 is 0 Å². The molecule has 0 spiro atoms. The van der Waals surface area contributed by atoms with Gasteiger partial charge in [-0.05, 0) is 48.2 Å². The summed E-state index contributed by atoms with van der Waals surface area (Å²) in [6.45, 7) is 5.57. The highest BCUT2D eigenvalue weighted by atomic mass is 15.0. The lowest BCUT2D eigenvalue weighted by molar-refractivity contribution is 1.04. The van der Waals surface area contributed by atoms with Crippen LogP contribution >= 0.6 is 0 Å². The van der Waals surface area contributed by atoms with Crippen LogP contribution in [0.15, 0.2) is 156 Å². The van der Waals surface area contributed by atoms with Gasteiger partial charge in [-0.25, -0.2) is 9.98 Å². The molecule has 0 amide bonds. The Bertz CT molecular complexity index is 1800. The molecular formula is C42H36N4. The van der Waals surface area contributed by atoms with Gasteiger partial charge in [0.15, 0.2) is 0 Å². The molecule has 1 heterocycles. The molecule has 0 aliphatic carbocycles. The lowest BCUT2D eigenvalue weighted by Gasteiger charge is -2.24. The molecule has 224 valence electrons. The van der Waals surface area contributed by atoms with Crippen molar-refractivity contribution in [1.82, 2.24) is 0 Å². The maximum Gasteiger partial charge on any atom is 0.0875 e. The molecule has 1 aliphatic rings. The Balaban J connectivity index is 1.31. The second kappa shape index (κ2) is 13.1. The largest absolute Gasteiger partial charge is 0.379 e. The smallest absolute Gasteiger partial charge is 0.0875 e. The van der Waals surface area contributed by atoms with Crippen molar-refractivity contribution in [3.63, 3.8) is 0 Å². The van der Waals surface area contributed by atoms with E-state index in [0.717, 1.165) is 56.4 Å². The number of fused-ring (bicyclic) bond motifs is 2. The Labute approximate surface area is 271 Å². The lowest BCUT2D eigenvalue weighted by atomic mass is 9.99. The second-order valence-electron chi connectivity index (χ2n) is 11.7. The molecule has 7 rings (SSSR count). The molecule has 0 atom stereocenters. The van der Waals surface area contributed by atoms with E-state index in [-0.39, 0.29) is 0 Å². The third kappa shape index (κ3) is 6.24. The summed E-state index contributed by atoms with van der Waals surface area (Å²) < 4.78 is 0. The molecule has 6 aromatic rings. The van der Waals surface area contributed by atoms with Gasteiger partial charge in [0.05, 0.1) is 34.2 Å². The number of hydrogen-bond donors (Lipinski definition) is 2. The molecule has 4 nitrogen and oxygen atoms in total. The van der Waals surface area contributed by atoms with Crippen LogP contribution in [-0.4, -0.2) is 11.4 Å². The van der Waals surface area contributed by atoms with Gasteiger partial charge in [0.2, 0.25) is 0 Å². The van der Waals surface area contributed by atoms with Gasteiger partial charge in [-0.3, -0.25) is 0 Å². The molecule has 0 radical (unpaired) electrons. The summed E-state index contributed by atoms with van der Waals surface area (Å²) in [6.07, 6.45) is 0. The second-order valence-corrected chi connectivity index (χ2v) is 11.7. The zero-order valence-corrected chi connectivity index (χ0v) is 26.2. The Morgan fingerprint density at radius 3 is 1.04 bits per heavy atom. The van der Waals surface area contributed by atoms with Crippen molar-refractivity contribution in [1.29, 1.82) is 0 Å². The molecule has 0 saturated heterocycles. The fourth-order valence-corrected chi connectivity index (χ4v) is 6.13. The summed E-state index contributed by atoms with van der Waals surface area (Å²) in [6, 6.07) is 50.6. The van der Waals surface area contributed by atoms with Crippen molar-refractivity contribution >= 4 is 34.2 Å². The van der Waals surface area contributed by atoms with Crippen LogP contribution in [0.5, 0.6) is 0 Å². The van der Waals surface area contributed by atoms with E-state index in [9.17, 15) is 0 Å². The summed E-state index contributed by atoms with van der Waals surface area (Å²) in [5.41, 5.74) is 14.9. The van der Waals surface area contributed by atoms with Crippen LogP contribution in [0.25, 0.3) is 0 Å². The van der Waals surface area contributed by atoms with E-state index in [1.807, 2.05) is 24.3 Å².